The van der Waals surface area contributed by atoms with Gasteiger partial charge in [-0.1, -0.05) is 37.3 Å². The first kappa shape index (κ1) is 15.2. The molecule has 0 saturated carbocycles. The molecular weight excluding hydrogens is 244 g/mol. The Balaban J connectivity index is 2.70. The zero-order chi connectivity index (χ0) is 14.3. The Morgan fingerprint density at radius 3 is 2.42 bits per heavy atom. The first-order valence-corrected chi connectivity index (χ1v) is 6.34. The fourth-order valence-corrected chi connectivity index (χ4v) is 1.75. The predicted octanol–water partition coefficient (Wildman–Crippen LogP) is 1.45. The molecule has 0 heterocycles. The van der Waals surface area contributed by atoms with Gasteiger partial charge in [0.05, 0.1) is 12.5 Å². The second-order valence-corrected chi connectivity index (χ2v) is 4.50. The summed E-state index contributed by atoms with van der Waals surface area (Å²) in [6.45, 7) is 1.91. The Morgan fingerprint density at radius 2 is 1.89 bits per heavy atom. The van der Waals surface area contributed by atoms with E-state index in [0.29, 0.717) is 6.42 Å². The molecule has 19 heavy (non-hydrogen) atoms. The van der Waals surface area contributed by atoms with Crippen LogP contribution in [0.5, 0.6) is 0 Å². The predicted molar refractivity (Wildman–Crippen MR) is 72.5 cm³/mol. The number of aliphatic carboxylic acids is 1. The van der Waals surface area contributed by atoms with Crippen LogP contribution in [0.4, 0.5) is 0 Å². The van der Waals surface area contributed by atoms with Crippen LogP contribution >= 0.6 is 0 Å². The molecule has 0 saturated heterocycles. The lowest BCUT2D eigenvalue weighted by molar-refractivity contribution is -0.137. The summed E-state index contributed by atoms with van der Waals surface area (Å²) in [7, 11) is 0. The van der Waals surface area contributed by atoms with Crippen molar-refractivity contribution in [2.75, 3.05) is 0 Å². The molecule has 0 aliphatic carbocycles. The zero-order valence-electron chi connectivity index (χ0n) is 11.0. The number of hydrogen-bond acceptors (Lipinski definition) is 3. The number of rotatable bonds is 7. The minimum atomic E-state index is -0.950. The SMILES string of the molecule is CCC(N)CC(=O)NC(CC(=O)O)c1ccccc1. The molecule has 0 aliphatic heterocycles. The highest BCUT2D eigenvalue weighted by molar-refractivity contribution is 5.78. The van der Waals surface area contributed by atoms with Gasteiger partial charge in [0, 0.05) is 12.5 Å². The molecule has 104 valence electrons. The van der Waals surface area contributed by atoms with Crippen molar-refractivity contribution in [1.82, 2.24) is 5.32 Å². The smallest absolute Gasteiger partial charge is 0.305 e. The number of carboxylic acids is 1. The van der Waals surface area contributed by atoms with Gasteiger partial charge in [-0.15, -0.1) is 0 Å². The van der Waals surface area contributed by atoms with Gasteiger partial charge in [0.2, 0.25) is 5.91 Å². The minimum absolute atomic E-state index is 0.142. The molecule has 2 unspecified atom stereocenters. The van der Waals surface area contributed by atoms with E-state index in [1.165, 1.54) is 0 Å². The van der Waals surface area contributed by atoms with Crippen molar-refractivity contribution in [2.45, 2.75) is 38.3 Å². The lowest BCUT2D eigenvalue weighted by Gasteiger charge is -2.18. The monoisotopic (exact) mass is 264 g/mol. The highest BCUT2D eigenvalue weighted by atomic mass is 16.4. The van der Waals surface area contributed by atoms with E-state index in [4.69, 9.17) is 10.8 Å². The molecule has 4 N–H and O–H groups in total. The van der Waals surface area contributed by atoms with Crippen molar-refractivity contribution >= 4 is 11.9 Å². The molecule has 0 aliphatic rings. The van der Waals surface area contributed by atoms with Crippen LogP contribution < -0.4 is 11.1 Å². The molecule has 0 bridgehead atoms. The first-order chi connectivity index (χ1) is 9.02. The van der Waals surface area contributed by atoms with E-state index >= 15 is 0 Å². The maximum Gasteiger partial charge on any atom is 0.305 e. The Labute approximate surface area is 112 Å². The molecule has 5 nitrogen and oxygen atoms in total. The van der Waals surface area contributed by atoms with Gasteiger partial charge in [0.25, 0.3) is 0 Å². The average molecular weight is 264 g/mol. The summed E-state index contributed by atoms with van der Waals surface area (Å²) in [5.41, 5.74) is 6.49. The maximum atomic E-state index is 11.8. The molecular formula is C14H20N2O3. The second-order valence-electron chi connectivity index (χ2n) is 4.50. The van der Waals surface area contributed by atoms with Crippen molar-refractivity contribution in [3.8, 4) is 0 Å². The number of carbonyl (C=O) groups is 2. The molecule has 0 radical (unpaired) electrons. The number of hydrogen-bond donors (Lipinski definition) is 3. The summed E-state index contributed by atoms with van der Waals surface area (Å²) in [6.07, 6.45) is 0.777. The molecule has 5 heteroatoms. The summed E-state index contributed by atoms with van der Waals surface area (Å²) in [4.78, 5) is 22.7. The number of nitrogens with two attached hydrogens (primary N) is 1. The van der Waals surface area contributed by atoms with Crippen LogP contribution in [0.25, 0.3) is 0 Å². The van der Waals surface area contributed by atoms with Crippen LogP contribution in [0.2, 0.25) is 0 Å². The van der Waals surface area contributed by atoms with Gasteiger partial charge in [-0.2, -0.15) is 0 Å². The lowest BCUT2D eigenvalue weighted by Crippen LogP contribution is -2.34. The minimum Gasteiger partial charge on any atom is -0.481 e. The molecule has 0 aromatic heterocycles. The maximum absolute atomic E-state index is 11.8. The van der Waals surface area contributed by atoms with E-state index in [9.17, 15) is 9.59 Å². The third-order valence-corrected chi connectivity index (χ3v) is 2.89. The number of nitrogens with one attached hydrogen (secondary N) is 1. The van der Waals surface area contributed by atoms with Gasteiger partial charge in [-0.3, -0.25) is 9.59 Å². The number of carboxylic acid groups (broad SMARTS) is 1. The van der Waals surface area contributed by atoms with Crippen molar-refractivity contribution in [3.63, 3.8) is 0 Å². The largest absolute Gasteiger partial charge is 0.481 e. The average Bonchev–Trinajstić information content (AvgIpc) is 2.38. The van der Waals surface area contributed by atoms with E-state index in [0.717, 1.165) is 5.56 Å². The normalized spacial score (nSPS) is 13.6. The summed E-state index contributed by atoms with van der Waals surface area (Å²) in [5.74, 6) is -1.17. The summed E-state index contributed by atoms with van der Waals surface area (Å²) in [5, 5.41) is 11.6. The molecule has 0 spiro atoms. The summed E-state index contributed by atoms with van der Waals surface area (Å²) in [6, 6.07) is 8.36. The fraction of sp³-hybridized carbons (Fsp3) is 0.429. The number of benzene rings is 1. The Kier molecular flexibility index (Phi) is 6.02. The molecule has 1 rings (SSSR count). The third kappa shape index (κ3) is 5.52. The highest BCUT2D eigenvalue weighted by Gasteiger charge is 2.18. The first-order valence-electron chi connectivity index (χ1n) is 6.34. The van der Waals surface area contributed by atoms with Gasteiger partial charge in [-0.25, -0.2) is 0 Å². The zero-order valence-corrected chi connectivity index (χ0v) is 11.0. The van der Waals surface area contributed by atoms with Crippen LogP contribution in [0.1, 0.15) is 37.8 Å². The van der Waals surface area contributed by atoms with Crippen molar-refractivity contribution in [3.05, 3.63) is 35.9 Å². The van der Waals surface area contributed by atoms with Gasteiger partial charge >= 0.3 is 5.97 Å². The van der Waals surface area contributed by atoms with E-state index in [-0.39, 0.29) is 24.8 Å². The van der Waals surface area contributed by atoms with E-state index in [2.05, 4.69) is 5.32 Å². The number of amides is 1. The van der Waals surface area contributed by atoms with Crippen molar-refractivity contribution < 1.29 is 14.7 Å². The molecule has 1 aromatic carbocycles. The Bertz CT molecular complexity index is 420. The molecule has 0 fully saturated rings. The summed E-state index contributed by atoms with van der Waals surface area (Å²) >= 11 is 0. The van der Waals surface area contributed by atoms with Gasteiger partial charge < -0.3 is 16.2 Å². The van der Waals surface area contributed by atoms with Gasteiger partial charge in [-0.05, 0) is 12.0 Å². The van der Waals surface area contributed by atoms with Crippen molar-refractivity contribution in [2.24, 2.45) is 5.73 Å². The second kappa shape index (κ2) is 7.53. The molecule has 2 atom stereocenters. The van der Waals surface area contributed by atoms with Crippen molar-refractivity contribution in [1.29, 1.82) is 0 Å². The van der Waals surface area contributed by atoms with Gasteiger partial charge in [0.1, 0.15) is 0 Å². The van der Waals surface area contributed by atoms with Crippen LogP contribution in [-0.2, 0) is 9.59 Å². The molecule has 1 aromatic rings. The van der Waals surface area contributed by atoms with Crippen LogP contribution in [0, 0.1) is 0 Å². The van der Waals surface area contributed by atoms with Gasteiger partial charge in [0.15, 0.2) is 0 Å². The third-order valence-electron chi connectivity index (χ3n) is 2.89. The van der Waals surface area contributed by atoms with Crippen LogP contribution in [0.15, 0.2) is 30.3 Å². The highest BCUT2D eigenvalue weighted by Crippen LogP contribution is 2.16. The van der Waals surface area contributed by atoms with Crippen LogP contribution in [-0.4, -0.2) is 23.0 Å². The topological polar surface area (TPSA) is 92.4 Å². The Morgan fingerprint density at radius 1 is 1.26 bits per heavy atom. The van der Waals surface area contributed by atoms with E-state index < -0.39 is 12.0 Å². The number of carbonyl (C=O) groups excluding carboxylic acids is 1. The Hall–Kier alpha value is -1.88. The molecule has 1 amide bonds. The summed E-state index contributed by atoms with van der Waals surface area (Å²) < 4.78 is 0. The van der Waals surface area contributed by atoms with Crippen LogP contribution in [0.3, 0.4) is 0 Å². The lowest BCUT2D eigenvalue weighted by atomic mass is 10.0. The quantitative estimate of drug-likeness (QED) is 0.695. The van der Waals surface area contributed by atoms with E-state index in [1.807, 2.05) is 25.1 Å². The van der Waals surface area contributed by atoms with E-state index in [1.54, 1.807) is 12.1 Å². The fourth-order valence-electron chi connectivity index (χ4n) is 1.75. The standard InChI is InChI=1S/C14H20N2O3/c1-2-11(15)8-13(17)16-12(9-14(18)19)10-6-4-3-5-7-10/h3-7,11-12H,2,8-9,15H2,1H3,(H,16,17)(H,18,19).